The van der Waals surface area contributed by atoms with Crippen LogP contribution < -0.4 is 5.32 Å². The van der Waals surface area contributed by atoms with E-state index in [-0.39, 0.29) is 32.1 Å². The van der Waals surface area contributed by atoms with Gasteiger partial charge in [0.1, 0.15) is 6.42 Å². The van der Waals surface area contributed by atoms with Crippen molar-refractivity contribution in [2.24, 2.45) is 0 Å². The van der Waals surface area contributed by atoms with Gasteiger partial charge in [-0.15, -0.1) is 0 Å². The van der Waals surface area contributed by atoms with E-state index in [4.69, 9.17) is 0 Å². The summed E-state index contributed by atoms with van der Waals surface area (Å²) in [4.78, 5) is 36.1. The first kappa shape index (κ1) is 16.3. The van der Waals surface area contributed by atoms with E-state index in [0.29, 0.717) is 0 Å². The van der Waals surface area contributed by atoms with Crippen molar-refractivity contribution in [2.45, 2.75) is 30.5 Å². The van der Waals surface area contributed by atoms with Crippen LogP contribution >= 0.6 is 0 Å². The Bertz CT molecular complexity index is 696. The second-order valence-corrected chi connectivity index (χ2v) is 6.62. The van der Waals surface area contributed by atoms with E-state index in [1.54, 1.807) is 4.90 Å². The van der Waals surface area contributed by atoms with Gasteiger partial charge in [-0.25, -0.2) is 0 Å². The van der Waals surface area contributed by atoms with Crippen molar-refractivity contribution < 1.29 is 14.6 Å². The summed E-state index contributed by atoms with van der Waals surface area (Å²) in [6.07, 6.45) is -0.371. The number of nitrogens with one attached hydrogen (secondary N) is 1. The van der Waals surface area contributed by atoms with E-state index in [2.05, 4.69) is 5.32 Å². The molecule has 2 bridgehead atoms. The first-order valence-corrected chi connectivity index (χ1v) is 7.67. The van der Waals surface area contributed by atoms with Crippen LogP contribution in [-0.4, -0.2) is 51.4 Å². The summed E-state index contributed by atoms with van der Waals surface area (Å²) in [6, 6.07) is 9.01. The third-order valence-electron chi connectivity index (χ3n) is 5.15. The molecule has 1 aromatic carbocycles. The molecule has 9 heteroatoms. The number of carbonyl (C=O) groups excluding carboxylic acids is 1. The molecule has 3 rings (SSSR count). The predicted octanol–water partition coefficient (Wildman–Crippen LogP) is 0.614. The summed E-state index contributed by atoms with van der Waals surface area (Å²) in [7, 11) is 0. The van der Waals surface area contributed by atoms with Crippen LogP contribution in [0.2, 0.25) is 0 Å². The van der Waals surface area contributed by atoms with Crippen molar-refractivity contribution in [2.75, 3.05) is 19.6 Å². The summed E-state index contributed by atoms with van der Waals surface area (Å²) in [5, 5.41) is 25.7. The van der Waals surface area contributed by atoms with Crippen LogP contribution in [0, 0.1) is 20.2 Å². The lowest BCUT2D eigenvalue weighted by Gasteiger charge is -2.47. The number of rotatable bonds is 4. The monoisotopic (exact) mass is 334 g/mol. The molecule has 2 saturated heterocycles. The minimum Gasteiger partial charge on any atom is -0.343 e. The predicted molar refractivity (Wildman–Crippen MR) is 83.5 cm³/mol. The summed E-state index contributed by atoms with van der Waals surface area (Å²) in [5.41, 5.74) is -2.62. The maximum atomic E-state index is 12.2. The Morgan fingerprint density at radius 2 is 1.83 bits per heavy atom. The lowest BCUT2D eigenvalue weighted by molar-refractivity contribution is -0.619. The molecule has 0 radical (unpaired) electrons. The SMILES string of the molecule is CC(c1ccccc1)N1CC2([N+](=O)[O-])CNC(=O)C([N+](=O)[O-])(C1)C2. The van der Waals surface area contributed by atoms with Gasteiger partial charge in [0, 0.05) is 15.9 Å². The number of piperidine rings is 2. The molecule has 0 aliphatic carbocycles. The molecule has 1 amide bonds. The Balaban J connectivity index is 2.02. The van der Waals surface area contributed by atoms with Crippen molar-refractivity contribution in [3.8, 4) is 0 Å². The van der Waals surface area contributed by atoms with E-state index < -0.39 is 26.8 Å². The fourth-order valence-electron chi connectivity index (χ4n) is 3.71. The molecule has 24 heavy (non-hydrogen) atoms. The zero-order valence-electron chi connectivity index (χ0n) is 13.2. The molecule has 9 nitrogen and oxygen atoms in total. The van der Waals surface area contributed by atoms with Crippen LogP contribution in [0.25, 0.3) is 0 Å². The van der Waals surface area contributed by atoms with Gasteiger partial charge in [0.25, 0.3) is 11.4 Å². The second kappa shape index (κ2) is 5.52. The quantitative estimate of drug-likeness (QED) is 0.636. The number of nitrogens with zero attached hydrogens (tertiary/aromatic N) is 3. The minimum atomic E-state index is -1.98. The molecule has 2 heterocycles. The minimum absolute atomic E-state index is 0.0614. The maximum Gasteiger partial charge on any atom is 0.317 e. The highest BCUT2D eigenvalue weighted by Gasteiger charge is 2.69. The lowest BCUT2D eigenvalue weighted by Crippen LogP contribution is -2.76. The number of nitro groups is 2. The van der Waals surface area contributed by atoms with Crippen molar-refractivity contribution >= 4 is 5.91 Å². The summed E-state index contributed by atoms with van der Waals surface area (Å²) in [5.74, 6) is -0.741. The van der Waals surface area contributed by atoms with Gasteiger partial charge in [-0.2, -0.15) is 0 Å². The first-order valence-electron chi connectivity index (χ1n) is 7.67. The van der Waals surface area contributed by atoms with Crippen LogP contribution in [-0.2, 0) is 4.79 Å². The summed E-state index contributed by atoms with van der Waals surface area (Å²) < 4.78 is 0. The first-order chi connectivity index (χ1) is 11.3. The zero-order valence-corrected chi connectivity index (χ0v) is 13.2. The standard InChI is InChI=1S/C15H18N4O5/c1-11(12-5-3-2-4-6-12)17-9-14(18(21)22)7-15(10-17,19(23)24)13(20)16-8-14/h2-6,11H,7-10H2,1H3,(H,16,20). The van der Waals surface area contributed by atoms with Crippen LogP contribution in [0.5, 0.6) is 0 Å². The Hall–Kier alpha value is -2.55. The molecular weight excluding hydrogens is 316 g/mol. The van der Waals surface area contributed by atoms with E-state index in [1.807, 2.05) is 37.3 Å². The molecular formula is C15H18N4O5. The van der Waals surface area contributed by atoms with Crippen molar-refractivity contribution in [3.05, 3.63) is 56.1 Å². The van der Waals surface area contributed by atoms with E-state index in [9.17, 15) is 25.0 Å². The van der Waals surface area contributed by atoms with Crippen LogP contribution in [0.15, 0.2) is 30.3 Å². The topological polar surface area (TPSA) is 119 Å². The second-order valence-electron chi connectivity index (χ2n) is 6.62. The molecule has 0 aromatic heterocycles. The van der Waals surface area contributed by atoms with Gasteiger partial charge in [-0.05, 0) is 12.5 Å². The molecule has 128 valence electrons. The third-order valence-corrected chi connectivity index (χ3v) is 5.15. The molecule has 2 aliphatic heterocycles. The third kappa shape index (κ3) is 2.32. The Kier molecular flexibility index (Phi) is 3.75. The largest absolute Gasteiger partial charge is 0.343 e. The van der Waals surface area contributed by atoms with E-state index in [1.165, 1.54) is 0 Å². The number of benzene rings is 1. The van der Waals surface area contributed by atoms with Gasteiger partial charge in [0.05, 0.1) is 19.6 Å². The number of likely N-dealkylation sites (tertiary alicyclic amines) is 1. The van der Waals surface area contributed by atoms with Gasteiger partial charge in [-0.1, -0.05) is 30.3 Å². The van der Waals surface area contributed by atoms with Crippen molar-refractivity contribution in [1.82, 2.24) is 10.2 Å². The number of hydrogen-bond donors (Lipinski definition) is 1. The van der Waals surface area contributed by atoms with Gasteiger partial charge < -0.3 is 5.32 Å². The number of amides is 1. The zero-order chi connectivity index (χ0) is 17.5. The summed E-state index contributed by atoms with van der Waals surface area (Å²) >= 11 is 0. The van der Waals surface area contributed by atoms with Gasteiger partial charge in [-0.3, -0.25) is 29.9 Å². The Labute approximate surface area is 137 Å². The van der Waals surface area contributed by atoms with Gasteiger partial charge in [0.2, 0.25) is 0 Å². The highest BCUT2D eigenvalue weighted by Crippen LogP contribution is 2.39. The average molecular weight is 334 g/mol. The molecule has 0 spiro atoms. The number of fused-ring (bicyclic) bond motifs is 2. The highest BCUT2D eigenvalue weighted by atomic mass is 16.6. The van der Waals surface area contributed by atoms with E-state index >= 15 is 0 Å². The van der Waals surface area contributed by atoms with Crippen LogP contribution in [0.1, 0.15) is 24.9 Å². The normalized spacial score (nSPS) is 31.1. The maximum absolute atomic E-state index is 12.2. The van der Waals surface area contributed by atoms with Crippen LogP contribution in [0.4, 0.5) is 0 Å². The number of hydrogen-bond acceptors (Lipinski definition) is 6. The number of carbonyl (C=O) groups is 1. The molecule has 2 fully saturated rings. The summed E-state index contributed by atoms with van der Waals surface area (Å²) in [6.45, 7) is 1.57. The highest BCUT2D eigenvalue weighted by molar-refractivity contribution is 5.86. The lowest BCUT2D eigenvalue weighted by atomic mass is 9.73. The smallest absolute Gasteiger partial charge is 0.317 e. The van der Waals surface area contributed by atoms with Gasteiger partial charge in [0.15, 0.2) is 0 Å². The Morgan fingerprint density at radius 3 is 2.42 bits per heavy atom. The van der Waals surface area contributed by atoms with Gasteiger partial charge >= 0.3 is 5.54 Å². The van der Waals surface area contributed by atoms with Crippen LogP contribution in [0.3, 0.4) is 0 Å². The van der Waals surface area contributed by atoms with Crippen molar-refractivity contribution in [1.29, 1.82) is 0 Å². The Morgan fingerprint density at radius 1 is 1.17 bits per heavy atom. The molecule has 1 N–H and O–H groups in total. The molecule has 1 aromatic rings. The molecule has 3 atom stereocenters. The van der Waals surface area contributed by atoms with Crippen molar-refractivity contribution in [3.63, 3.8) is 0 Å². The van der Waals surface area contributed by atoms with E-state index in [0.717, 1.165) is 5.56 Å². The molecule has 3 unspecified atom stereocenters. The fourth-order valence-corrected chi connectivity index (χ4v) is 3.71. The average Bonchev–Trinajstić information content (AvgIpc) is 2.58. The fraction of sp³-hybridized carbons (Fsp3) is 0.533. The molecule has 0 saturated carbocycles. The molecule has 2 aliphatic rings.